The van der Waals surface area contributed by atoms with Crippen LogP contribution in [0.3, 0.4) is 0 Å². The predicted molar refractivity (Wildman–Crippen MR) is 60.6 cm³/mol. The van der Waals surface area contributed by atoms with Crippen LogP contribution in [0.5, 0.6) is 0 Å². The molecule has 0 rings (SSSR count). The van der Waals surface area contributed by atoms with Gasteiger partial charge in [-0.3, -0.25) is 0 Å². The molecule has 0 saturated heterocycles. The first-order chi connectivity index (χ1) is 5.91. The Balaban J connectivity index is 2.90. The van der Waals surface area contributed by atoms with E-state index in [9.17, 15) is 0 Å². The minimum atomic E-state index is 1.20. The summed E-state index contributed by atoms with van der Waals surface area (Å²) in [5.41, 5.74) is 0. The first-order valence-corrected chi connectivity index (χ1v) is 6.23. The van der Waals surface area contributed by atoms with E-state index >= 15 is 0 Å². The molecule has 0 aliphatic rings. The Morgan fingerprint density at radius 2 is 1.75 bits per heavy atom. The van der Waals surface area contributed by atoms with Gasteiger partial charge in [0.25, 0.3) is 0 Å². The molecule has 0 aromatic rings. The van der Waals surface area contributed by atoms with Gasteiger partial charge in [0.15, 0.2) is 0 Å². The maximum atomic E-state index is 2.31. The lowest BCUT2D eigenvalue weighted by molar-refractivity contribution is 0.637. The third kappa shape index (κ3) is 10.1. The van der Waals surface area contributed by atoms with Gasteiger partial charge in [-0.25, -0.2) is 0 Å². The van der Waals surface area contributed by atoms with Crippen LogP contribution in [0.1, 0.15) is 52.4 Å². The van der Waals surface area contributed by atoms with Crippen molar-refractivity contribution < 1.29 is 0 Å². The minimum Gasteiger partial charge on any atom is -0.135 e. The number of hydrogen-bond donors (Lipinski definition) is 0. The van der Waals surface area contributed by atoms with Crippen LogP contribution in [-0.2, 0) is 0 Å². The van der Waals surface area contributed by atoms with Crippen LogP contribution < -0.4 is 0 Å². The Morgan fingerprint density at radius 1 is 1.00 bits per heavy atom. The monoisotopic (exact) mass is 186 g/mol. The zero-order valence-electron chi connectivity index (χ0n) is 8.51. The largest absolute Gasteiger partial charge is 0.135 e. The second kappa shape index (κ2) is 11.1. The summed E-state index contributed by atoms with van der Waals surface area (Å²) < 4.78 is 0. The number of hydrogen-bond acceptors (Lipinski definition) is 1. The summed E-state index contributed by atoms with van der Waals surface area (Å²) in [6.07, 6.45) is 10.5. The SMILES string of the molecule is CCCCCCC/C=C\SCC. The van der Waals surface area contributed by atoms with E-state index < -0.39 is 0 Å². The summed E-state index contributed by atoms with van der Waals surface area (Å²) in [6.45, 7) is 4.45. The number of allylic oxidation sites excluding steroid dienone is 1. The molecule has 0 atom stereocenters. The van der Waals surface area contributed by atoms with Crippen LogP contribution in [-0.4, -0.2) is 5.75 Å². The van der Waals surface area contributed by atoms with E-state index in [-0.39, 0.29) is 0 Å². The van der Waals surface area contributed by atoms with E-state index in [2.05, 4.69) is 25.3 Å². The molecule has 72 valence electrons. The standard InChI is InChI=1S/C11H22S/c1-3-5-6-7-8-9-10-11-12-4-2/h10-11H,3-9H2,1-2H3/b11-10-. The fourth-order valence-corrected chi connectivity index (χ4v) is 1.56. The van der Waals surface area contributed by atoms with Crippen LogP contribution >= 0.6 is 11.8 Å². The summed E-state index contributed by atoms with van der Waals surface area (Å²) in [7, 11) is 0. The normalized spacial score (nSPS) is 11.2. The van der Waals surface area contributed by atoms with Gasteiger partial charge in [0.05, 0.1) is 0 Å². The van der Waals surface area contributed by atoms with Crippen LogP contribution in [0.4, 0.5) is 0 Å². The van der Waals surface area contributed by atoms with Crippen molar-refractivity contribution in [1.29, 1.82) is 0 Å². The Bertz CT molecular complexity index is 97.2. The van der Waals surface area contributed by atoms with Gasteiger partial charge in [0, 0.05) is 0 Å². The van der Waals surface area contributed by atoms with Gasteiger partial charge >= 0.3 is 0 Å². The third-order valence-electron chi connectivity index (χ3n) is 1.83. The van der Waals surface area contributed by atoms with Crippen molar-refractivity contribution in [3.63, 3.8) is 0 Å². The zero-order chi connectivity index (χ0) is 9.07. The van der Waals surface area contributed by atoms with E-state index in [0.717, 1.165) is 0 Å². The molecule has 12 heavy (non-hydrogen) atoms. The molecule has 0 aliphatic heterocycles. The van der Waals surface area contributed by atoms with Crippen LogP contribution in [0.15, 0.2) is 11.5 Å². The van der Waals surface area contributed by atoms with Crippen LogP contribution in [0.25, 0.3) is 0 Å². The van der Waals surface area contributed by atoms with Crippen LogP contribution in [0.2, 0.25) is 0 Å². The molecule has 0 unspecified atom stereocenters. The number of rotatable bonds is 8. The van der Waals surface area contributed by atoms with E-state index in [4.69, 9.17) is 0 Å². The van der Waals surface area contributed by atoms with Crippen molar-refractivity contribution in [1.82, 2.24) is 0 Å². The molecular weight excluding hydrogens is 164 g/mol. The van der Waals surface area contributed by atoms with Gasteiger partial charge in [0.2, 0.25) is 0 Å². The Kier molecular flexibility index (Phi) is 11.2. The Hall–Kier alpha value is 0.0900. The topological polar surface area (TPSA) is 0 Å². The van der Waals surface area contributed by atoms with E-state index in [1.165, 1.54) is 44.3 Å². The van der Waals surface area contributed by atoms with Crippen molar-refractivity contribution in [2.75, 3.05) is 5.75 Å². The second-order valence-electron chi connectivity index (χ2n) is 3.03. The van der Waals surface area contributed by atoms with Crippen molar-refractivity contribution in [3.05, 3.63) is 11.5 Å². The molecule has 0 amide bonds. The molecule has 0 heterocycles. The Labute approximate surface area is 81.8 Å². The molecule has 1 heteroatoms. The average molecular weight is 186 g/mol. The molecular formula is C11H22S. The summed E-state index contributed by atoms with van der Waals surface area (Å²) in [6, 6.07) is 0. The molecule has 0 nitrogen and oxygen atoms in total. The van der Waals surface area contributed by atoms with Gasteiger partial charge in [-0.1, -0.05) is 45.6 Å². The minimum absolute atomic E-state index is 1.20. The second-order valence-corrected chi connectivity index (χ2v) is 4.21. The van der Waals surface area contributed by atoms with Gasteiger partial charge in [-0.05, 0) is 24.0 Å². The summed E-state index contributed by atoms with van der Waals surface area (Å²) in [5.74, 6) is 1.20. The Morgan fingerprint density at radius 3 is 2.42 bits per heavy atom. The molecule has 0 radical (unpaired) electrons. The molecule has 0 aromatic heterocycles. The van der Waals surface area contributed by atoms with E-state index in [0.29, 0.717) is 0 Å². The van der Waals surface area contributed by atoms with Crippen molar-refractivity contribution in [2.45, 2.75) is 52.4 Å². The zero-order valence-corrected chi connectivity index (χ0v) is 9.33. The highest BCUT2D eigenvalue weighted by atomic mass is 32.2. The van der Waals surface area contributed by atoms with Crippen molar-refractivity contribution >= 4 is 11.8 Å². The molecule has 0 aromatic carbocycles. The lowest BCUT2D eigenvalue weighted by atomic mass is 10.1. The average Bonchev–Trinajstić information content (AvgIpc) is 2.10. The number of unbranched alkanes of at least 4 members (excludes halogenated alkanes) is 5. The molecule has 0 fully saturated rings. The molecule has 0 N–H and O–H groups in total. The fraction of sp³-hybridized carbons (Fsp3) is 0.818. The molecule has 0 saturated carbocycles. The predicted octanol–water partition coefficient (Wildman–Crippen LogP) is 4.61. The maximum absolute atomic E-state index is 2.31. The van der Waals surface area contributed by atoms with Gasteiger partial charge in [0.1, 0.15) is 0 Å². The quantitative estimate of drug-likeness (QED) is 0.499. The van der Waals surface area contributed by atoms with E-state index in [1.807, 2.05) is 11.8 Å². The lowest BCUT2D eigenvalue weighted by Crippen LogP contribution is -1.75. The smallest absolute Gasteiger partial charge is 0.00546 e. The fourth-order valence-electron chi connectivity index (χ4n) is 1.10. The van der Waals surface area contributed by atoms with Crippen molar-refractivity contribution in [3.8, 4) is 0 Å². The summed E-state index contributed by atoms with van der Waals surface area (Å²) in [5, 5.41) is 2.24. The molecule has 0 spiro atoms. The first kappa shape index (κ1) is 12.1. The summed E-state index contributed by atoms with van der Waals surface area (Å²) >= 11 is 1.90. The van der Waals surface area contributed by atoms with Gasteiger partial charge in [-0.15, -0.1) is 11.8 Å². The highest BCUT2D eigenvalue weighted by Gasteiger charge is 1.85. The van der Waals surface area contributed by atoms with Gasteiger partial charge in [-0.2, -0.15) is 0 Å². The summed E-state index contributed by atoms with van der Waals surface area (Å²) in [4.78, 5) is 0. The van der Waals surface area contributed by atoms with Gasteiger partial charge < -0.3 is 0 Å². The maximum Gasteiger partial charge on any atom is -0.00546 e. The third-order valence-corrected chi connectivity index (χ3v) is 2.55. The molecule has 0 bridgehead atoms. The van der Waals surface area contributed by atoms with E-state index in [1.54, 1.807) is 0 Å². The highest BCUT2D eigenvalue weighted by Crippen LogP contribution is 2.07. The lowest BCUT2D eigenvalue weighted by Gasteiger charge is -1.95. The highest BCUT2D eigenvalue weighted by molar-refractivity contribution is 8.02. The van der Waals surface area contributed by atoms with Crippen LogP contribution in [0, 0.1) is 0 Å². The first-order valence-electron chi connectivity index (χ1n) is 5.18. The number of thioether (sulfide) groups is 1. The van der Waals surface area contributed by atoms with Crippen molar-refractivity contribution in [2.24, 2.45) is 0 Å². The molecule has 0 aliphatic carbocycles.